The molecule has 3 aromatic rings. The average Bonchev–Trinajstić information content (AvgIpc) is 3.45. The highest BCUT2D eigenvalue weighted by Gasteiger charge is 2.24. The van der Waals surface area contributed by atoms with Gasteiger partial charge in [-0.2, -0.15) is 5.10 Å². The molecule has 0 saturated heterocycles. The van der Waals surface area contributed by atoms with E-state index < -0.39 is 0 Å². The summed E-state index contributed by atoms with van der Waals surface area (Å²) in [4.78, 5) is 25.1. The van der Waals surface area contributed by atoms with Gasteiger partial charge in [-0.3, -0.25) is 9.59 Å². The Labute approximate surface area is 167 Å². The molecule has 2 amide bonds. The van der Waals surface area contributed by atoms with Crippen molar-refractivity contribution in [3.05, 3.63) is 76.9 Å². The normalized spacial score (nSPS) is 13.2. The summed E-state index contributed by atoms with van der Waals surface area (Å²) in [7, 11) is 0. The SMILES string of the molecule is Cc1nn(-c2ccc(F)cc2)c(C)c1C(=O)Nc1cccc(C(=O)NC2CC2)c1. The van der Waals surface area contributed by atoms with Crippen molar-refractivity contribution in [1.82, 2.24) is 15.1 Å². The third-order valence-corrected chi connectivity index (χ3v) is 4.88. The van der Waals surface area contributed by atoms with Crippen molar-refractivity contribution in [3.63, 3.8) is 0 Å². The van der Waals surface area contributed by atoms with Gasteiger partial charge in [-0.05, 0) is 69.2 Å². The molecule has 1 aliphatic rings. The van der Waals surface area contributed by atoms with Crippen LogP contribution in [0.4, 0.5) is 10.1 Å². The molecular weight excluding hydrogens is 371 g/mol. The van der Waals surface area contributed by atoms with Crippen molar-refractivity contribution < 1.29 is 14.0 Å². The molecule has 1 heterocycles. The van der Waals surface area contributed by atoms with Crippen molar-refractivity contribution in [2.75, 3.05) is 5.32 Å². The van der Waals surface area contributed by atoms with Crippen molar-refractivity contribution >= 4 is 17.5 Å². The Balaban J connectivity index is 1.56. The first-order valence-electron chi connectivity index (χ1n) is 9.47. The van der Waals surface area contributed by atoms with E-state index in [1.165, 1.54) is 12.1 Å². The minimum Gasteiger partial charge on any atom is -0.349 e. The molecule has 4 rings (SSSR count). The molecule has 1 aliphatic carbocycles. The van der Waals surface area contributed by atoms with Crippen LogP contribution in [0.1, 0.15) is 44.9 Å². The van der Waals surface area contributed by atoms with Gasteiger partial charge in [-0.1, -0.05) is 6.07 Å². The number of anilines is 1. The number of carbonyl (C=O) groups is 2. The van der Waals surface area contributed by atoms with E-state index >= 15 is 0 Å². The number of halogens is 1. The second kappa shape index (κ2) is 7.50. The number of hydrogen-bond donors (Lipinski definition) is 2. The third kappa shape index (κ3) is 4.03. The Morgan fingerprint density at radius 3 is 2.48 bits per heavy atom. The number of benzene rings is 2. The van der Waals surface area contributed by atoms with Crippen molar-refractivity contribution in [2.45, 2.75) is 32.7 Å². The van der Waals surface area contributed by atoms with Gasteiger partial charge in [-0.25, -0.2) is 9.07 Å². The van der Waals surface area contributed by atoms with Crippen LogP contribution < -0.4 is 10.6 Å². The second-order valence-corrected chi connectivity index (χ2v) is 7.22. The van der Waals surface area contributed by atoms with Crippen LogP contribution >= 0.6 is 0 Å². The highest BCUT2D eigenvalue weighted by atomic mass is 19.1. The summed E-state index contributed by atoms with van der Waals surface area (Å²) in [6, 6.07) is 13.0. The molecule has 2 N–H and O–H groups in total. The Kier molecular flexibility index (Phi) is 4.88. The number of aryl methyl sites for hydroxylation is 1. The van der Waals surface area contributed by atoms with Crippen LogP contribution in [0.2, 0.25) is 0 Å². The van der Waals surface area contributed by atoms with Crippen molar-refractivity contribution in [1.29, 1.82) is 0 Å². The lowest BCUT2D eigenvalue weighted by Gasteiger charge is -2.09. The van der Waals surface area contributed by atoms with E-state index in [1.807, 2.05) is 0 Å². The summed E-state index contributed by atoms with van der Waals surface area (Å²) in [6.45, 7) is 3.54. The van der Waals surface area contributed by atoms with Gasteiger partial charge in [0, 0.05) is 17.3 Å². The fourth-order valence-electron chi connectivity index (χ4n) is 3.23. The van der Waals surface area contributed by atoms with E-state index in [-0.39, 0.29) is 23.7 Å². The monoisotopic (exact) mass is 392 g/mol. The van der Waals surface area contributed by atoms with Gasteiger partial charge >= 0.3 is 0 Å². The molecule has 0 spiro atoms. The van der Waals surface area contributed by atoms with Crippen LogP contribution in [0.3, 0.4) is 0 Å². The van der Waals surface area contributed by atoms with Crippen LogP contribution in [0.5, 0.6) is 0 Å². The quantitative estimate of drug-likeness (QED) is 0.694. The largest absolute Gasteiger partial charge is 0.349 e. The van der Waals surface area contributed by atoms with Crippen LogP contribution in [0.15, 0.2) is 48.5 Å². The Morgan fingerprint density at radius 2 is 1.79 bits per heavy atom. The standard InChI is InChI=1S/C22H21FN4O2/c1-13-20(14(2)27(26-13)19-10-6-16(23)7-11-19)22(29)25-18-5-3-4-15(12-18)21(28)24-17-8-9-17/h3-7,10-12,17H,8-9H2,1-2H3,(H,24,28)(H,25,29). The zero-order chi connectivity index (χ0) is 20.5. The van der Waals surface area contributed by atoms with Gasteiger partial charge in [-0.15, -0.1) is 0 Å². The average molecular weight is 392 g/mol. The second-order valence-electron chi connectivity index (χ2n) is 7.22. The summed E-state index contributed by atoms with van der Waals surface area (Å²) in [5.41, 5.74) is 3.37. The lowest BCUT2D eigenvalue weighted by Crippen LogP contribution is -2.25. The van der Waals surface area contributed by atoms with E-state index in [2.05, 4.69) is 15.7 Å². The highest BCUT2D eigenvalue weighted by Crippen LogP contribution is 2.22. The molecule has 0 bridgehead atoms. The van der Waals surface area contributed by atoms with Crippen LogP contribution in [-0.2, 0) is 0 Å². The maximum Gasteiger partial charge on any atom is 0.259 e. The Bertz CT molecular complexity index is 1080. The van der Waals surface area contributed by atoms with Gasteiger partial charge in [0.25, 0.3) is 11.8 Å². The summed E-state index contributed by atoms with van der Waals surface area (Å²) in [5.74, 6) is -0.785. The van der Waals surface area contributed by atoms with Crippen molar-refractivity contribution in [3.8, 4) is 5.69 Å². The van der Waals surface area contributed by atoms with Crippen LogP contribution in [0, 0.1) is 19.7 Å². The fraction of sp³-hybridized carbons (Fsp3) is 0.227. The number of nitrogens with zero attached hydrogens (tertiary/aromatic N) is 2. The number of amides is 2. The summed E-state index contributed by atoms with van der Waals surface area (Å²) < 4.78 is 14.8. The van der Waals surface area contributed by atoms with Crippen molar-refractivity contribution in [2.24, 2.45) is 0 Å². The van der Waals surface area contributed by atoms with Gasteiger partial charge < -0.3 is 10.6 Å². The minimum atomic E-state index is -0.334. The first kappa shape index (κ1) is 18.9. The summed E-state index contributed by atoms with van der Waals surface area (Å²) in [5, 5.41) is 10.2. The molecular formula is C22H21FN4O2. The molecule has 0 unspecified atom stereocenters. The molecule has 148 valence electrons. The molecule has 0 atom stereocenters. The molecule has 2 aromatic carbocycles. The van der Waals surface area contributed by atoms with Gasteiger partial charge in [0.05, 0.1) is 22.6 Å². The number of carbonyl (C=O) groups excluding carboxylic acids is 2. The van der Waals surface area contributed by atoms with E-state index in [4.69, 9.17) is 0 Å². The third-order valence-electron chi connectivity index (χ3n) is 4.88. The lowest BCUT2D eigenvalue weighted by atomic mass is 10.1. The van der Waals surface area contributed by atoms with Gasteiger partial charge in [0.15, 0.2) is 0 Å². The first-order chi connectivity index (χ1) is 13.9. The Hall–Kier alpha value is -3.48. The molecule has 1 aromatic heterocycles. The summed E-state index contributed by atoms with van der Waals surface area (Å²) >= 11 is 0. The fourth-order valence-corrected chi connectivity index (χ4v) is 3.23. The first-order valence-corrected chi connectivity index (χ1v) is 9.47. The van der Waals surface area contributed by atoms with Crippen LogP contribution in [0.25, 0.3) is 5.69 Å². The summed E-state index contributed by atoms with van der Waals surface area (Å²) in [6.07, 6.45) is 2.03. The van der Waals surface area contributed by atoms with E-state index in [9.17, 15) is 14.0 Å². The molecule has 1 fully saturated rings. The smallest absolute Gasteiger partial charge is 0.259 e. The Morgan fingerprint density at radius 1 is 1.07 bits per heavy atom. The van der Waals surface area contributed by atoms with Crippen LogP contribution in [-0.4, -0.2) is 27.6 Å². The van der Waals surface area contributed by atoms with E-state index in [0.29, 0.717) is 33.9 Å². The minimum absolute atomic E-state index is 0.139. The zero-order valence-corrected chi connectivity index (χ0v) is 16.2. The number of hydrogen-bond acceptors (Lipinski definition) is 3. The van der Waals surface area contributed by atoms with E-state index in [0.717, 1.165) is 12.8 Å². The topological polar surface area (TPSA) is 76.0 Å². The van der Waals surface area contributed by atoms with E-state index in [1.54, 1.807) is 54.9 Å². The van der Waals surface area contributed by atoms with Gasteiger partial charge in [0.1, 0.15) is 5.82 Å². The molecule has 7 heteroatoms. The molecule has 0 radical (unpaired) electrons. The number of rotatable bonds is 5. The molecule has 1 saturated carbocycles. The predicted octanol–water partition coefficient (Wildman–Crippen LogP) is 3.77. The van der Waals surface area contributed by atoms with Gasteiger partial charge in [0.2, 0.25) is 0 Å². The number of nitrogens with one attached hydrogen (secondary N) is 2. The molecule has 0 aliphatic heterocycles. The predicted molar refractivity (Wildman–Crippen MR) is 108 cm³/mol. The maximum absolute atomic E-state index is 13.2. The molecule has 29 heavy (non-hydrogen) atoms. The highest BCUT2D eigenvalue weighted by molar-refractivity contribution is 6.06. The molecule has 6 nitrogen and oxygen atoms in total. The number of aromatic nitrogens is 2. The maximum atomic E-state index is 13.2. The lowest BCUT2D eigenvalue weighted by molar-refractivity contribution is 0.0949. The zero-order valence-electron chi connectivity index (χ0n) is 16.2.